The number of benzene rings is 1. The number of rotatable bonds is 5. The van der Waals surface area contributed by atoms with Crippen LogP contribution in [0.3, 0.4) is 0 Å². The predicted molar refractivity (Wildman–Crippen MR) is 70.7 cm³/mol. The maximum absolute atomic E-state index is 9.73. The molecule has 2 heteroatoms. The lowest BCUT2D eigenvalue weighted by molar-refractivity contribution is 0.119. The summed E-state index contributed by atoms with van der Waals surface area (Å²) in [4.78, 5) is 0. The van der Waals surface area contributed by atoms with Crippen molar-refractivity contribution in [1.29, 1.82) is 0 Å². The van der Waals surface area contributed by atoms with Crippen LogP contribution in [0.4, 0.5) is 0 Å². The zero-order valence-electron chi connectivity index (χ0n) is 10.7. The van der Waals surface area contributed by atoms with Crippen LogP contribution >= 0.6 is 0 Å². The monoisotopic (exact) mass is 233 g/mol. The Labute approximate surface area is 104 Å². The van der Waals surface area contributed by atoms with Gasteiger partial charge >= 0.3 is 0 Å². The third-order valence-corrected chi connectivity index (χ3v) is 4.22. The number of aliphatic hydroxyl groups excluding tert-OH is 1. The van der Waals surface area contributed by atoms with Crippen LogP contribution in [0.5, 0.6) is 0 Å². The minimum absolute atomic E-state index is 0.0371. The van der Waals surface area contributed by atoms with Crippen molar-refractivity contribution >= 4 is 0 Å². The summed E-state index contributed by atoms with van der Waals surface area (Å²) >= 11 is 0. The molecule has 0 radical (unpaired) electrons. The average Bonchev–Trinajstić information content (AvgIpc) is 2.81. The van der Waals surface area contributed by atoms with Crippen LogP contribution in [0.2, 0.25) is 0 Å². The molecule has 0 spiro atoms. The molecule has 1 aromatic rings. The van der Waals surface area contributed by atoms with E-state index in [4.69, 9.17) is 0 Å². The summed E-state index contributed by atoms with van der Waals surface area (Å²) < 4.78 is 0. The Kier molecular flexibility index (Phi) is 4.19. The fourth-order valence-electron chi connectivity index (χ4n) is 3.11. The lowest BCUT2D eigenvalue weighted by Crippen LogP contribution is -2.50. The first-order valence-corrected chi connectivity index (χ1v) is 6.70. The van der Waals surface area contributed by atoms with Gasteiger partial charge in [0.05, 0.1) is 6.61 Å². The largest absolute Gasteiger partial charge is 0.394 e. The van der Waals surface area contributed by atoms with Crippen LogP contribution in [-0.4, -0.2) is 17.3 Å². The number of aliphatic hydroxyl groups is 1. The van der Waals surface area contributed by atoms with Gasteiger partial charge in [0.1, 0.15) is 0 Å². The Morgan fingerprint density at radius 3 is 2.76 bits per heavy atom. The van der Waals surface area contributed by atoms with Gasteiger partial charge in [-0.2, -0.15) is 0 Å². The summed E-state index contributed by atoms with van der Waals surface area (Å²) in [5, 5.41) is 13.3. The van der Waals surface area contributed by atoms with Crippen molar-refractivity contribution in [3.05, 3.63) is 35.9 Å². The van der Waals surface area contributed by atoms with Crippen LogP contribution in [0.15, 0.2) is 30.3 Å². The maximum atomic E-state index is 9.73. The van der Waals surface area contributed by atoms with Gasteiger partial charge in [-0.1, -0.05) is 50.1 Å². The van der Waals surface area contributed by atoms with Crippen molar-refractivity contribution in [1.82, 2.24) is 5.32 Å². The molecule has 1 aromatic carbocycles. The molecule has 2 unspecified atom stereocenters. The normalized spacial score (nSPS) is 28.5. The highest BCUT2D eigenvalue weighted by atomic mass is 16.3. The van der Waals surface area contributed by atoms with E-state index in [1.807, 2.05) is 6.07 Å². The van der Waals surface area contributed by atoms with Crippen LogP contribution < -0.4 is 5.32 Å². The summed E-state index contributed by atoms with van der Waals surface area (Å²) in [7, 11) is 0. The van der Waals surface area contributed by atoms with Crippen molar-refractivity contribution < 1.29 is 5.11 Å². The zero-order valence-corrected chi connectivity index (χ0v) is 10.7. The summed E-state index contributed by atoms with van der Waals surface area (Å²) in [6, 6.07) is 10.4. The molecule has 94 valence electrons. The Morgan fingerprint density at radius 1 is 1.35 bits per heavy atom. The van der Waals surface area contributed by atoms with E-state index in [-0.39, 0.29) is 12.1 Å². The molecule has 1 aliphatic rings. The van der Waals surface area contributed by atoms with Gasteiger partial charge in [0, 0.05) is 12.1 Å². The van der Waals surface area contributed by atoms with Gasteiger partial charge < -0.3 is 10.4 Å². The highest BCUT2D eigenvalue weighted by Gasteiger charge is 2.40. The molecule has 0 bridgehead atoms. The van der Waals surface area contributed by atoms with E-state index in [2.05, 4.69) is 36.5 Å². The second-order valence-corrected chi connectivity index (χ2v) is 5.15. The molecule has 2 rings (SSSR count). The topological polar surface area (TPSA) is 32.3 Å². The SMILES string of the molecule is CCC1CCCC1(CO)NCc1ccccc1. The molecule has 1 fully saturated rings. The molecule has 0 amide bonds. The molecule has 0 aliphatic heterocycles. The Morgan fingerprint density at radius 2 is 2.12 bits per heavy atom. The molecule has 0 saturated heterocycles. The van der Waals surface area contributed by atoms with E-state index in [0.29, 0.717) is 5.92 Å². The smallest absolute Gasteiger partial charge is 0.0616 e. The first-order valence-electron chi connectivity index (χ1n) is 6.70. The van der Waals surface area contributed by atoms with Crippen molar-refractivity contribution in [2.75, 3.05) is 6.61 Å². The summed E-state index contributed by atoms with van der Waals surface area (Å²) in [6.45, 7) is 3.35. The van der Waals surface area contributed by atoms with Gasteiger partial charge in [0.25, 0.3) is 0 Å². The average molecular weight is 233 g/mol. The van der Waals surface area contributed by atoms with E-state index >= 15 is 0 Å². The van der Waals surface area contributed by atoms with E-state index < -0.39 is 0 Å². The summed E-state index contributed by atoms with van der Waals surface area (Å²) in [6.07, 6.45) is 4.75. The van der Waals surface area contributed by atoms with Crippen molar-refractivity contribution in [3.8, 4) is 0 Å². The number of nitrogens with one attached hydrogen (secondary N) is 1. The second kappa shape index (κ2) is 5.65. The quantitative estimate of drug-likeness (QED) is 0.819. The van der Waals surface area contributed by atoms with E-state index in [1.165, 1.54) is 18.4 Å². The van der Waals surface area contributed by atoms with Crippen molar-refractivity contribution in [3.63, 3.8) is 0 Å². The van der Waals surface area contributed by atoms with Gasteiger partial charge in [0.2, 0.25) is 0 Å². The first-order chi connectivity index (χ1) is 8.30. The Balaban J connectivity index is 2.00. The summed E-state index contributed by atoms with van der Waals surface area (Å²) in [5.74, 6) is 0.621. The maximum Gasteiger partial charge on any atom is 0.0616 e. The second-order valence-electron chi connectivity index (χ2n) is 5.15. The standard InChI is InChI=1S/C15H23NO/c1-2-14-9-6-10-15(14,12-17)16-11-13-7-4-3-5-8-13/h3-5,7-8,14,16-17H,2,6,9-12H2,1H3. The molecule has 17 heavy (non-hydrogen) atoms. The molecular weight excluding hydrogens is 210 g/mol. The highest BCUT2D eigenvalue weighted by Crippen LogP contribution is 2.37. The first kappa shape index (κ1) is 12.6. The minimum Gasteiger partial charge on any atom is -0.394 e. The van der Waals surface area contributed by atoms with Gasteiger partial charge in [-0.05, 0) is 24.3 Å². The molecule has 0 heterocycles. The van der Waals surface area contributed by atoms with Crippen LogP contribution in [0.25, 0.3) is 0 Å². The van der Waals surface area contributed by atoms with Crippen molar-refractivity contribution in [2.45, 2.75) is 44.7 Å². The molecule has 2 N–H and O–H groups in total. The van der Waals surface area contributed by atoms with E-state index in [0.717, 1.165) is 19.4 Å². The molecule has 0 aromatic heterocycles. The Bertz CT molecular complexity index is 338. The van der Waals surface area contributed by atoms with E-state index in [9.17, 15) is 5.11 Å². The fourth-order valence-corrected chi connectivity index (χ4v) is 3.11. The molecule has 1 aliphatic carbocycles. The third kappa shape index (κ3) is 2.70. The number of hydrogen-bond donors (Lipinski definition) is 2. The molecular formula is C15H23NO. The van der Waals surface area contributed by atoms with Gasteiger partial charge in [-0.15, -0.1) is 0 Å². The van der Waals surface area contributed by atoms with Gasteiger partial charge in [-0.25, -0.2) is 0 Å². The fraction of sp³-hybridized carbons (Fsp3) is 0.600. The van der Waals surface area contributed by atoms with E-state index in [1.54, 1.807) is 0 Å². The van der Waals surface area contributed by atoms with Gasteiger partial charge in [0.15, 0.2) is 0 Å². The highest BCUT2D eigenvalue weighted by molar-refractivity contribution is 5.15. The Hall–Kier alpha value is -0.860. The lowest BCUT2D eigenvalue weighted by atomic mass is 9.85. The predicted octanol–water partition coefficient (Wildman–Crippen LogP) is 2.72. The molecule has 2 nitrogen and oxygen atoms in total. The molecule has 1 saturated carbocycles. The number of hydrogen-bond acceptors (Lipinski definition) is 2. The third-order valence-electron chi connectivity index (χ3n) is 4.22. The minimum atomic E-state index is -0.0371. The van der Waals surface area contributed by atoms with Gasteiger partial charge in [-0.3, -0.25) is 0 Å². The van der Waals surface area contributed by atoms with Crippen LogP contribution in [0.1, 0.15) is 38.2 Å². The van der Waals surface area contributed by atoms with Crippen LogP contribution in [0, 0.1) is 5.92 Å². The summed E-state index contributed by atoms with van der Waals surface area (Å²) in [5.41, 5.74) is 1.26. The van der Waals surface area contributed by atoms with Crippen LogP contribution in [-0.2, 0) is 6.54 Å². The van der Waals surface area contributed by atoms with Crippen molar-refractivity contribution in [2.24, 2.45) is 5.92 Å². The zero-order chi connectivity index (χ0) is 12.1. The molecule has 2 atom stereocenters. The lowest BCUT2D eigenvalue weighted by Gasteiger charge is -2.34.